The highest BCUT2D eigenvalue weighted by Gasteiger charge is 2.53. The van der Waals surface area contributed by atoms with Crippen LogP contribution in [0.1, 0.15) is 33.6 Å². The van der Waals surface area contributed by atoms with Gasteiger partial charge in [-0.3, -0.25) is 5.43 Å². The lowest BCUT2D eigenvalue weighted by atomic mass is 9.69. The third-order valence-corrected chi connectivity index (χ3v) is 4.65. The van der Waals surface area contributed by atoms with Gasteiger partial charge in [-0.15, -0.1) is 0 Å². The maximum absolute atomic E-state index is 5.37. The van der Waals surface area contributed by atoms with Crippen LogP contribution in [0.4, 0.5) is 0 Å². The Morgan fingerprint density at radius 2 is 2.27 bits per heavy atom. The standard InChI is InChI=1S/C11H19N3S/c1-6-8-4-7(11(6,2)3)5-9(8)13-14-10(12)15/h6-8H,4-5H2,1-3H3,(H3,12,14,15)/b13-9-/t6-,7-,8+/m0/s1. The van der Waals surface area contributed by atoms with Gasteiger partial charge in [0.05, 0.1) is 0 Å². The number of fused-ring (bicyclic) bond motifs is 2. The van der Waals surface area contributed by atoms with Gasteiger partial charge in [-0.1, -0.05) is 20.8 Å². The van der Waals surface area contributed by atoms with Gasteiger partial charge in [0.2, 0.25) is 0 Å². The van der Waals surface area contributed by atoms with Crippen LogP contribution >= 0.6 is 12.2 Å². The number of nitrogens with two attached hydrogens (primary N) is 1. The van der Waals surface area contributed by atoms with Crippen molar-refractivity contribution in [2.45, 2.75) is 33.6 Å². The van der Waals surface area contributed by atoms with Crippen molar-refractivity contribution in [3.05, 3.63) is 0 Å². The summed E-state index contributed by atoms with van der Waals surface area (Å²) in [4.78, 5) is 0. The average molecular weight is 225 g/mol. The molecular formula is C11H19N3S. The third-order valence-electron chi connectivity index (χ3n) is 4.56. The molecule has 0 aromatic rings. The van der Waals surface area contributed by atoms with E-state index in [1.54, 1.807) is 0 Å². The fourth-order valence-corrected chi connectivity index (χ4v) is 3.18. The lowest BCUT2D eigenvalue weighted by molar-refractivity contribution is 0.182. The second kappa shape index (κ2) is 3.44. The molecular weight excluding hydrogens is 206 g/mol. The van der Waals surface area contributed by atoms with Gasteiger partial charge < -0.3 is 5.73 Å². The van der Waals surface area contributed by atoms with Crippen LogP contribution in [0.2, 0.25) is 0 Å². The molecule has 0 radical (unpaired) electrons. The molecule has 3 nitrogen and oxygen atoms in total. The number of rotatable bonds is 1. The molecule has 2 fully saturated rings. The fraction of sp³-hybridized carbons (Fsp3) is 0.818. The average Bonchev–Trinajstić information content (AvgIpc) is 2.64. The summed E-state index contributed by atoms with van der Waals surface area (Å²) in [7, 11) is 0. The Morgan fingerprint density at radius 1 is 1.60 bits per heavy atom. The van der Waals surface area contributed by atoms with Crippen molar-refractivity contribution >= 4 is 23.0 Å². The number of hydrogen-bond acceptors (Lipinski definition) is 2. The summed E-state index contributed by atoms with van der Waals surface area (Å²) in [6.45, 7) is 7.08. The van der Waals surface area contributed by atoms with E-state index in [1.807, 2.05) is 0 Å². The largest absolute Gasteiger partial charge is 0.375 e. The van der Waals surface area contributed by atoms with Crippen LogP contribution < -0.4 is 11.2 Å². The minimum Gasteiger partial charge on any atom is -0.375 e. The molecule has 3 N–H and O–H groups in total. The first kappa shape index (κ1) is 10.9. The molecule has 4 heteroatoms. The molecule has 3 atom stereocenters. The Morgan fingerprint density at radius 3 is 2.73 bits per heavy atom. The smallest absolute Gasteiger partial charge is 0.184 e. The molecule has 15 heavy (non-hydrogen) atoms. The maximum Gasteiger partial charge on any atom is 0.184 e. The monoisotopic (exact) mass is 225 g/mol. The highest BCUT2D eigenvalue weighted by Crippen LogP contribution is 2.57. The zero-order valence-electron chi connectivity index (χ0n) is 9.58. The molecule has 0 aromatic heterocycles. The molecule has 2 aliphatic carbocycles. The van der Waals surface area contributed by atoms with Crippen molar-refractivity contribution in [2.24, 2.45) is 34.0 Å². The van der Waals surface area contributed by atoms with Crippen LogP contribution in [0.3, 0.4) is 0 Å². The van der Waals surface area contributed by atoms with Gasteiger partial charge in [0.1, 0.15) is 0 Å². The van der Waals surface area contributed by atoms with E-state index < -0.39 is 0 Å². The molecule has 2 bridgehead atoms. The van der Waals surface area contributed by atoms with Gasteiger partial charge >= 0.3 is 0 Å². The van der Waals surface area contributed by atoms with Crippen LogP contribution in [-0.4, -0.2) is 10.8 Å². The summed E-state index contributed by atoms with van der Waals surface area (Å²) in [6.07, 6.45) is 2.39. The second-order valence-corrected chi connectivity index (χ2v) is 5.87. The minimum atomic E-state index is 0.261. The van der Waals surface area contributed by atoms with E-state index in [0.717, 1.165) is 12.3 Å². The van der Waals surface area contributed by atoms with Crippen LogP contribution in [-0.2, 0) is 0 Å². The van der Waals surface area contributed by atoms with Crippen molar-refractivity contribution in [1.82, 2.24) is 5.43 Å². The van der Waals surface area contributed by atoms with E-state index in [0.29, 0.717) is 17.3 Å². The van der Waals surface area contributed by atoms with E-state index in [1.165, 1.54) is 12.1 Å². The molecule has 0 saturated heterocycles. The molecule has 2 rings (SSSR count). The van der Waals surface area contributed by atoms with Crippen LogP contribution in [0.25, 0.3) is 0 Å². The lowest BCUT2D eigenvalue weighted by Gasteiger charge is -2.36. The summed E-state index contributed by atoms with van der Waals surface area (Å²) >= 11 is 4.75. The summed E-state index contributed by atoms with van der Waals surface area (Å²) in [5.41, 5.74) is 9.82. The van der Waals surface area contributed by atoms with Gasteiger partial charge in [-0.2, -0.15) is 5.10 Å². The van der Waals surface area contributed by atoms with E-state index >= 15 is 0 Å². The molecule has 0 amide bonds. The molecule has 84 valence electrons. The predicted octanol–water partition coefficient (Wildman–Crippen LogP) is 1.88. The Balaban J connectivity index is 2.12. The number of thiocarbonyl (C=S) groups is 1. The first-order chi connectivity index (χ1) is 6.93. The minimum absolute atomic E-state index is 0.261. The fourth-order valence-electron chi connectivity index (χ4n) is 3.13. The lowest BCUT2D eigenvalue weighted by Crippen LogP contribution is -2.35. The number of hydrazone groups is 1. The van der Waals surface area contributed by atoms with E-state index in [2.05, 4.69) is 31.3 Å². The SMILES string of the molecule is C[C@H]1[C@H]2C[C@@H](C/C2=N/NC(N)=S)C1(C)C. The van der Waals surface area contributed by atoms with E-state index in [9.17, 15) is 0 Å². The van der Waals surface area contributed by atoms with Gasteiger partial charge in [-0.25, -0.2) is 0 Å². The molecule has 0 spiro atoms. The number of nitrogens with zero attached hydrogens (tertiary/aromatic N) is 1. The quantitative estimate of drug-likeness (QED) is 0.529. The summed E-state index contributed by atoms with van der Waals surface area (Å²) in [6, 6.07) is 0. The van der Waals surface area contributed by atoms with Gasteiger partial charge in [-0.05, 0) is 42.3 Å². The van der Waals surface area contributed by atoms with Crippen molar-refractivity contribution in [3.63, 3.8) is 0 Å². The normalized spacial score (nSPS) is 39.7. The van der Waals surface area contributed by atoms with Crippen LogP contribution in [0.5, 0.6) is 0 Å². The number of nitrogens with one attached hydrogen (secondary N) is 1. The van der Waals surface area contributed by atoms with Gasteiger partial charge in [0, 0.05) is 11.6 Å². The van der Waals surface area contributed by atoms with E-state index in [4.69, 9.17) is 18.0 Å². The zero-order chi connectivity index (χ0) is 11.2. The molecule has 0 heterocycles. The summed E-state index contributed by atoms with van der Waals surface area (Å²) < 4.78 is 0. The topological polar surface area (TPSA) is 50.4 Å². The van der Waals surface area contributed by atoms with Crippen LogP contribution in [0.15, 0.2) is 5.10 Å². The Hall–Kier alpha value is -0.640. The Kier molecular flexibility index (Phi) is 2.49. The first-order valence-electron chi connectivity index (χ1n) is 5.55. The molecule has 0 unspecified atom stereocenters. The zero-order valence-corrected chi connectivity index (χ0v) is 10.4. The van der Waals surface area contributed by atoms with Crippen molar-refractivity contribution in [1.29, 1.82) is 0 Å². The predicted molar refractivity (Wildman–Crippen MR) is 66.5 cm³/mol. The van der Waals surface area contributed by atoms with E-state index in [-0.39, 0.29) is 5.11 Å². The molecule has 2 aliphatic rings. The highest BCUT2D eigenvalue weighted by molar-refractivity contribution is 7.80. The second-order valence-electron chi connectivity index (χ2n) is 5.43. The third kappa shape index (κ3) is 1.65. The van der Waals surface area contributed by atoms with Crippen molar-refractivity contribution in [3.8, 4) is 0 Å². The van der Waals surface area contributed by atoms with Crippen molar-refractivity contribution in [2.75, 3.05) is 0 Å². The van der Waals surface area contributed by atoms with Gasteiger partial charge in [0.25, 0.3) is 0 Å². The molecule has 0 aliphatic heterocycles. The molecule has 2 saturated carbocycles. The Bertz CT molecular complexity index is 318. The molecule has 0 aromatic carbocycles. The number of hydrogen-bond donors (Lipinski definition) is 2. The summed E-state index contributed by atoms with van der Waals surface area (Å²) in [5, 5.41) is 4.58. The van der Waals surface area contributed by atoms with Crippen molar-refractivity contribution < 1.29 is 0 Å². The van der Waals surface area contributed by atoms with Gasteiger partial charge in [0.15, 0.2) is 5.11 Å². The van der Waals surface area contributed by atoms with Crippen LogP contribution in [0, 0.1) is 23.2 Å². The Labute approximate surface area is 96.5 Å². The maximum atomic E-state index is 5.37. The first-order valence-corrected chi connectivity index (χ1v) is 5.95. The highest BCUT2D eigenvalue weighted by atomic mass is 32.1. The summed E-state index contributed by atoms with van der Waals surface area (Å²) in [5.74, 6) is 2.12.